The standard InChI is InChI=1S/C14H8ClF3N4O4/c15-6-2-1-5-8(9(6)14(16,17)18)12-20-4-21-22(12)10(11(5)25)13(26)19-3-7(23)24/h1-2,4,25H,3H2,(H,19,26)(H,23,24). The Hall–Kier alpha value is -3.08. The first-order chi connectivity index (χ1) is 12.1. The molecule has 2 heterocycles. The lowest BCUT2D eigenvalue weighted by atomic mass is 10.0. The molecule has 1 aromatic carbocycles. The Morgan fingerprint density at radius 2 is 2.00 bits per heavy atom. The quantitative estimate of drug-likeness (QED) is 0.632. The number of halogens is 4. The van der Waals surface area contributed by atoms with E-state index in [-0.39, 0.29) is 11.0 Å². The van der Waals surface area contributed by atoms with E-state index in [0.717, 1.165) is 18.5 Å². The minimum atomic E-state index is -4.86. The fourth-order valence-corrected chi connectivity index (χ4v) is 2.80. The third-order valence-electron chi connectivity index (χ3n) is 3.52. The fourth-order valence-electron chi connectivity index (χ4n) is 2.53. The van der Waals surface area contributed by atoms with Crippen molar-refractivity contribution in [2.45, 2.75) is 6.18 Å². The Labute approximate surface area is 146 Å². The van der Waals surface area contributed by atoms with Gasteiger partial charge in [0.2, 0.25) is 0 Å². The average Bonchev–Trinajstić information content (AvgIpc) is 3.00. The van der Waals surface area contributed by atoms with Crippen molar-refractivity contribution in [3.63, 3.8) is 0 Å². The van der Waals surface area contributed by atoms with Gasteiger partial charge in [-0.1, -0.05) is 11.6 Å². The predicted octanol–water partition coefficient (Wildman–Crippen LogP) is 2.07. The number of rotatable bonds is 3. The van der Waals surface area contributed by atoms with Crippen molar-refractivity contribution in [2.24, 2.45) is 0 Å². The molecular formula is C14H8ClF3N4O4. The number of aromatic hydroxyl groups is 1. The van der Waals surface area contributed by atoms with Gasteiger partial charge >= 0.3 is 12.1 Å². The molecule has 0 radical (unpaired) electrons. The second kappa shape index (κ2) is 6.02. The molecule has 12 heteroatoms. The molecule has 8 nitrogen and oxygen atoms in total. The van der Waals surface area contributed by atoms with Crippen LogP contribution in [0.4, 0.5) is 13.2 Å². The van der Waals surface area contributed by atoms with Crippen LogP contribution in [-0.2, 0) is 11.0 Å². The van der Waals surface area contributed by atoms with E-state index >= 15 is 0 Å². The van der Waals surface area contributed by atoms with Crippen LogP contribution in [-0.4, -0.2) is 43.2 Å². The van der Waals surface area contributed by atoms with Gasteiger partial charge in [-0.15, -0.1) is 0 Å². The number of carbonyl (C=O) groups is 2. The van der Waals surface area contributed by atoms with Crippen molar-refractivity contribution in [1.82, 2.24) is 19.9 Å². The maximum absolute atomic E-state index is 13.4. The molecule has 0 fully saturated rings. The molecule has 0 saturated carbocycles. The SMILES string of the molecule is O=C(O)CNC(=O)c1c(O)c2ccc(Cl)c(C(F)(F)F)c2c2ncnn12. The maximum atomic E-state index is 13.4. The molecule has 3 N–H and O–H groups in total. The summed E-state index contributed by atoms with van der Waals surface area (Å²) in [5, 5.41) is 23.2. The molecule has 2 aromatic heterocycles. The number of nitrogens with one attached hydrogen (secondary N) is 1. The van der Waals surface area contributed by atoms with Crippen molar-refractivity contribution in [2.75, 3.05) is 6.54 Å². The van der Waals surface area contributed by atoms with E-state index in [1.54, 1.807) is 0 Å². The number of benzene rings is 1. The fraction of sp³-hybridized carbons (Fsp3) is 0.143. The Bertz CT molecular complexity index is 1060. The third kappa shape index (κ3) is 2.75. The summed E-state index contributed by atoms with van der Waals surface area (Å²) in [5.74, 6) is -3.21. The lowest BCUT2D eigenvalue weighted by Gasteiger charge is -2.16. The molecule has 0 spiro atoms. The zero-order chi connectivity index (χ0) is 19.2. The highest BCUT2D eigenvalue weighted by atomic mass is 35.5. The number of aliphatic carboxylic acids is 1. The van der Waals surface area contributed by atoms with Gasteiger partial charge in [-0.25, -0.2) is 9.50 Å². The van der Waals surface area contributed by atoms with Gasteiger partial charge in [0.05, 0.1) is 10.6 Å². The topological polar surface area (TPSA) is 117 Å². The van der Waals surface area contributed by atoms with Crippen LogP contribution in [0.15, 0.2) is 18.5 Å². The van der Waals surface area contributed by atoms with Crippen LogP contribution < -0.4 is 5.32 Å². The van der Waals surface area contributed by atoms with Gasteiger partial charge in [0, 0.05) is 10.8 Å². The molecule has 1 amide bonds. The molecule has 3 aromatic rings. The lowest BCUT2D eigenvalue weighted by Crippen LogP contribution is -2.31. The molecule has 0 aliphatic carbocycles. The molecule has 26 heavy (non-hydrogen) atoms. The van der Waals surface area contributed by atoms with Crippen molar-refractivity contribution in [3.05, 3.63) is 34.7 Å². The van der Waals surface area contributed by atoms with Crippen LogP contribution >= 0.6 is 11.6 Å². The zero-order valence-electron chi connectivity index (χ0n) is 12.5. The first-order valence-electron chi connectivity index (χ1n) is 6.87. The van der Waals surface area contributed by atoms with Crippen LogP contribution in [0.3, 0.4) is 0 Å². The maximum Gasteiger partial charge on any atom is 0.418 e. The smallest absolute Gasteiger partial charge is 0.418 e. The molecule has 3 rings (SSSR count). The molecule has 136 valence electrons. The molecule has 0 unspecified atom stereocenters. The van der Waals surface area contributed by atoms with Crippen LogP contribution in [0.25, 0.3) is 16.4 Å². The first kappa shape index (κ1) is 17.7. The summed E-state index contributed by atoms with van der Waals surface area (Å²) < 4.78 is 41.0. The summed E-state index contributed by atoms with van der Waals surface area (Å²) in [6.45, 7) is -0.763. The number of carboxylic acid groups (broad SMARTS) is 1. The van der Waals surface area contributed by atoms with Gasteiger partial charge in [-0.05, 0) is 12.1 Å². The highest BCUT2D eigenvalue weighted by Crippen LogP contribution is 2.43. The van der Waals surface area contributed by atoms with E-state index in [2.05, 4.69) is 10.1 Å². The molecular weight excluding hydrogens is 381 g/mol. The summed E-state index contributed by atoms with van der Waals surface area (Å²) >= 11 is 5.69. The molecule has 0 aliphatic rings. The first-order valence-corrected chi connectivity index (χ1v) is 7.24. The van der Waals surface area contributed by atoms with E-state index in [1.165, 1.54) is 0 Å². The number of aromatic nitrogens is 3. The van der Waals surface area contributed by atoms with Crippen molar-refractivity contribution in [1.29, 1.82) is 0 Å². The number of hydrogen-bond donors (Lipinski definition) is 3. The molecule has 0 bridgehead atoms. The van der Waals surface area contributed by atoms with Crippen LogP contribution in [0.1, 0.15) is 16.1 Å². The molecule has 0 atom stereocenters. The van der Waals surface area contributed by atoms with E-state index in [0.29, 0.717) is 4.52 Å². The summed E-state index contributed by atoms with van der Waals surface area (Å²) in [6, 6.07) is 2.03. The number of carboxylic acids is 1. The Kier molecular flexibility index (Phi) is 4.11. The average molecular weight is 389 g/mol. The Morgan fingerprint density at radius 1 is 1.31 bits per heavy atom. The Balaban J connectivity index is 2.39. The highest BCUT2D eigenvalue weighted by molar-refractivity contribution is 6.33. The van der Waals surface area contributed by atoms with E-state index in [9.17, 15) is 27.9 Å². The number of alkyl halides is 3. The van der Waals surface area contributed by atoms with Crippen molar-refractivity contribution < 1.29 is 33.0 Å². The third-order valence-corrected chi connectivity index (χ3v) is 3.83. The van der Waals surface area contributed by atoms with E-state index in [4.69, 9.17) is 16.7 Å². The van der Waals surface area contributed by atoms with Gasteiger partial charge < -0.3 is 15.5 Å². The van der Waals surface area contributed by atoms with Gasteiger partial charge in [-0.2, -0.15) is 18.3 Å². The number of fused-ring (bicyclic) bond motifs is 3. The minimum absolute atomic E-state index is 0.331. The van der Waals surface area contributed by atoms with Crippen LogP contribution in [0.5, 0.6) is 5.75 Å². The monoisotopic (exact) mass is 388 g/mol. The second-order valence-corrected chi connectivity index (χ2v) is 5.52. The molecule has 0 aliphatic heterocycles. The van der Waals surface area contributed by atoms with Crippen LogP contribution in [0.2, 0.25) is 5.02 Å². The van der Waals surface area contributed by atoms with Gasteiger partial charge in [0.15, 0.2) is 17.1 Å². The number of amides is 1. The van der Waals surface area contributed by atoms with Crippen LogP contribution in [0, 0.1) is 0 Å². The largest absolute Gasteiger partial charge is 0.505 e. The molecule has 0 saturated heterocycles. The number of hydrogen-bond acceptors (Lipinski definition) is 5. The number of carbonyl (C=O) groups excluding carboxylic acids is 1. The van der Waals surface area contributed by atoms with Gasteiger partial charge in [0.25, 0.3) is 5.91 Å². The van der Waals surface area contributed by atoms with E-state index in [1.807, 2.05) is 5.32 Å². The summed E-state index contributed by atoms with van der Waals surface area (Å²) in [6.07, 6.45) is -3.97. The Morgan fingerprint density at radius 3 is 2.62 bits per heavy atom. The lowest BCUT2D eigenvalue weighted by molar-refractivity contribution is -0.136. The predicted molar refractivity (Wildman–Crippen MR) is 82.1 cm³/mol. The van der Waals surface area contributed by atoms with Gasteiger partial charge in [-0.3, -0.25) is 9.59 Å². The summed E-state index contributed by atoms with van der Waals surface area (Å²) in [4.78, 5) is 26.5. The second-order valence-electron chi connectivity index (χ2n) is 5.11. The number of pyridine rings is 1. The van der Waals surface area contributed by atoms with Gasteiger partial charge in [0.1, 0.15) is 12.9 Å². The highest BCUT2D eigenvalue weighted by Gasteiger charge is 2.38. The van der Waals surface area contributed by atoms with Crippen molar-refractivity contribution in [3.8, 4) is 5.75 Å². The van der Waals surface area contributed by atoms with Crippen molar-refractivity contribution >= 4 is 39.9 Å². The summed E-state index contributed by atoms with van der Waals surface area (Å²) in [7, 11) is 0. The van der Waals surface area contributed by atoms with E-state index < -0.39 is 52.0 Å². The summed E-state index contributed by atoms with van der Waals surface area (Å²) in [5.41, 5.74) is -2.16. The normalized spacial score (nSPS) is 11.8. The minimum Gasteiger partial charge on any atom is -0.505 e. The number of nitrogens with zero attached hydrogens (tertiary/aromatic N) is 3. The zero-order valence-corrected chi connectivity index (χ0v) is 13.3.